The highest BCUT2D eigenvalue weighted by Crippen LogP contribution is 2.44. The second-order valence-electron chi connectivity index (χ2n) is 5.01. The molecule has 1 N–H and O–H groups in total. The summed E-state index contributed by atoms with van der Waals surface area (Å²) in [6.45, 7) is 3.89. The third-order valence-electron chi connectivity index (χ3n) is 3.09. The lowest BCUT2D eigenvalue weighted by molar-refractivity contribution is -0.142. The molecule has 0 aromatic heterocycles. The van der Waals surface area contributed by atoms with Crippen molar-refractivity contribution in [2.45, 2.75) is 25.6 Å². The van der Waals surface area contributed by atoms with E-state index < -0.39 is 11.4 Å². The van der Waals surface area contributed by atoms with E-state index in [9.17, 15) is 9.90 Å². The second-order valence-corrected chi connectivity index (χ2v) is 5.01. The molecule has 0 heterocycles. The highest BCUT2D eigenvalue weighted by Gasteiger charge is 2.56. The molecule has 1 aromatic rings. The summed E-state index contributed by atoms with van der Waals surface area (Å²) in [4.78, 5) is 12.3. The molecule has 0 saturated carbocycles. The van der Waals surface area contributed by atoms with Crippen molar-refractivity contribution in [1.82, 2.24) is 0 Å². The van der Waals surface area contributed by atoms with E-state index in [4.69, 9.17) is 9.47 Å². The quantitative estimate of drug-likeness (QED) is 0.857. The van der Waals surface area contributed by atoms with Crippen molar-refractivity contribution < 1.29 is 19.4 Å². The summed E-state index contributed by atoms with van der Waals surface area (Å²) < 4.78 is 10.5. The van der Waals surface area contributed by atoms with Crippen LogP contribution in [0.1, 0.15) is 19.4 Å². The topological polar surface area (TPSA) is 55.8 Å². The number of carbonyl (C=O) groups is 1. The fraction of sp³-hybridized carbons (Fsp3) is 0.353. The highest BCUT2D eigenvalue weighted by atomic mass is 16.5. The van der Waals surface area contributed by atoms with E-state index in [1.165, 1.54) is 7.11 Å². The SMILES string of the molecule is COCC#CC1=C(OC(C)C)C(O)(c2ccccc2)C1=O. The van der Waals surface area contributed by atoms with Crippen LogP contribution in [0.15, 0.2) is 41.7 Å². The molecule has 0 radical (unpaired) electrons. The number of rotatable bonds is 4. The Kier molecular flexibility index (Phi) is 4.46. The molecule has 0 bridgehead atoms. The summed E-state index contributed by atoms with van der Waals surface area (Å²) in [6.07, 6.45) is -0.164. The van der Waals surface area contributed by atoms with E-state index >= 15 is 0 Å². The first-order chi connectivity index (χ1) is 10.0. The van der Waals surface area contributed by atoms with Crippen molar-refractivity contribution in [2.24, 2.45) is 0 Å². The molecule has 0 fully saturated rings. The van der Waals surface area contributed by atoms with Gasteiger partial charge in [0.2, 0.25) is 11.4 Å². The number of ether oxygens (including phenoxy) is 2. The number of Topliss-reactive ketones (excluding diaryl/α,β-unsaturated/α-hetero) is 1. The number of benzene rings is 1. The number of aliphatic hydroxyl groups is 1. The molecule has 4 heteroatoms. The Morgan fingerprint density at radius 1 is 1.29 bits per heavy atom. The summed E-state index contributed by atoms with van der Waals surface area (Å²) in [7, 11) is 1.53. The molecule has 0 saturated heterocycles. The zero-order chi connectivity index (χ0) is 15.5. The number of hydrogen-bond donors (Lipinski definition) is 1. The standard InChI is InChI=1S/C17H18O4/c1-12(2)21-16-14(10-7-11-20-3)15(18)17(16,19)13-8-5-4-6-9-13/h4-6,8-9,12,19H,11H2,1-3H3. The fourth-order valence-corrected chi connectivity index (χ4v) is 2.14. The smallest absolute Gasteiger partial charge is 0.218 e. The maximum atomic E-state index is 12.3. The molecule has 1 atom stereocenters. The molecule has 0 aliphatic heterocycles. The Bertz CT molecular complexity index is 619. The lowest BCUT2D eigenvalue weighted by atomic mass is 9.73. The Morgan fingerprint density at radius 3 is 2.52 bits per heavy atom. The zero-order valence-electron chi connectivity index (χ0n) is 12.3. The van der Waals surface area contributed by atoms with Crippen LogP contribution in [-0.4, -0.2) is 30.7 Å². The van der Waals surface area contributed by atoms with Gasteiger partial charge in [-0.2, -0.15) is 0 Å². The molecule has 2 rings (SSSR count). The van der Waals surface area contributed by atoms with Gasteiger partial charge >= 0.3 is 0 Å². The molecule has 1 aliphatic rings. The van der Waals surface area contributed by atoms with Crippen LogP contribution < -0.4 is 0 Å². The highest BCUT2D eigenvalue weighted by molar-refractivity contribution is 6.15. The minimum atomic E-state index is -1.73. The second kappa shape index (κ2) is 6.13. The molecule has 4 nitrogen and oxygen atoms in total. The first-order valence-electron chi connectivity index (χ1n) is 6.73. The molecule has 110 valence electrons. The van der Waals surface area contributed by atoms with Crippen molar-refractivity contribution in [3.63, 3.8) is 0 Å². The van der Waals surface area contributed by atoms with Crippen molar-refractivity contribution in [1.29, 1.82) is 0 Å². The molecular weight excluding hydrogens is 268 g/mol. The summed E-state index contributed by atoms with van der Waals surface area (Å²) in [5.41, 5.74) is -1.03. The molecule has 1 aliphatic carbocycles. The van der Waals surface area contributed by atoms with Crippen molar-refractivity contribution >= 4 is 5.78 Å². The molecular formula is C17H18O4. The minimum Gasteiger partial charge on any atom is -0.490 e. The van der Waals surface area contributed by atoms with Crippen molar-refractivity contribution in [3.8, 4) is 11.8 Å². The molecule has 1 unspecified atom stereocenters. The largest absolute Gasteiger partial charge is 0.490 e. The maximum Gasteiger partial charge on any atom is 0.218 e. The van der Waals surface area contributed by atoms with Gasteiger partial charge in [0.05, 0.1) is 6.10 Å². The molecule has 21 heavy (non-hydrogen) atoms. The van der Waals surface area contributed by atoms with Gasteiger partial charge in [-0.3, -0.25) is 4.79 Å². The molecule has 1 aromatic carbocycles. The van der Waals surface area contributed by atoms with Gasteiger partial charge in [-0.1, -0.05) is 42.2 Å². The number of methoxy groups -OCH3 is 1. The van der Waals surface area contributed by atoms with Gasteiger partial charge in [-0.25, -0.2) is 0 Å². The molecule has 0 spiro atoms. The zero-order valence-corrected chi connectivity index (χ0v) is 12.3. The van der Waals surface area contributed by atoms with E-state index in [-0.39, 0.29) is 24.0 Å². The first kappa shape index (κ1) is 15.3. The van der Waals surface area contributed by atoms with Gasteiger partial charge < -0.3 is 14.6 Å². The van der Waals surface area contributed by atoms with Gasteiger partial charge in [0.15, 0.2) is 5.76 Å². The Balaban J connectivity index is 2.44. The van der Waals surface area contributed by atoms with Crippen LogP contribution in [0, 0.1) is 11.8 Å². The third-order valence-corrected chi connectivity index (χ3v) is 3.09. The van der Waals surface area contributed by atoms with E-state index in [1.807, 2.05) is 19.9 Å². The van der Waals surface area contributed by atoms with E-state index in [0.29, 0.717) is 5.56 Å². The van der Waals surface area contributed by atoms with Crippen molar-refractivity contribution in [2.75, 3.05) is 13.7 Å². The van der Waals surface area contributed by atoms with Crippen LogP contribution in [-0.2, 0) is 19.9 Å². The Labute approximate surface area is 124 Å². The van der Waals surface area contributed by atoms with E-state index in [1.54, 1.807) is 24.3 Å². The van der Waals surface area contributed by atoms with Gasteiger partial charge in [0, 0.05) is 7.11 Å². The number of ketones is 1. The van der Waals surface area contributed by atoms with Crippen molar-refractivity contribution in [3.05, 3.63) is 47.2 Å². The predicted octanol–water partition coefficient (Wildman–Crippen LogP) is 1.79. The van der Waals surface area contributed by atoms with E-state index in [2.05, 4.69) is 11.8 Å². The lowest BCUT2D eigenvalue weighted by Gasteiger charge is -2.38. The molecule has 0 amide bonds. The van der Waals surface area contributed by atoms with E-state index in [0.717, 1.165) is 0 Å². The number of carbonyl (C=O) groups excluding carboxylic acids is 1. The van der Waals surface area contributed by atoms with Gasteiger partial charge in [0.1, 0.15) is 12.2 Å². The Morgan fingerprint density at radius 2 is 1.95 bits per heavy atom. The normalized spacial score (nSPS) is 20.9. The monoisotopic (exact) mass is 286 g/mol. The van der Waals surface area contributed by atoms with Gasteiger partial charge in [-0.05, 0) is 19.4 Å². The van der Waals surface area contributed by atoms with Gasteiger partial charge in [0.25, 0.3) is 0 Å². The number of hydrogen-bond acceptors (Lipinski definition) is 4. The van der Waals surface area contributed by atoms with Crippen LogP contribution in [0.3, 0.4) is 0 Å². The van der Waals surface area contributed by atoms with Crippen LogP contribution in [0.2, 0.25) is 0 Å². The third kappa shape index (κ3) is 2.71. The van der Waals surface area contributed by atoms with Crippen LogP contribution in [0.25, 0.3) is 0 Å². The van der Waals surface area contributed by atoms with Crippen LogP contribution >= 0.6 is 0 Å². The average Bonchev–Trinajstić information content (AvgIpc) is 2.49. The summed E-state index contributed by atoms with van der Waals surface area (Å²) in [5.74, 6) is 5.22. The summed E-state index contributed by atoms with van der Waals surface area (Å²) in [5, 5.41) is 10.8. The predicted molar refractivity (Wildman–Crippen MR) is 78.2 cm³/mol. The summed E-state index contributed by atoms with van der Waals surface area (Å²) in [6, 6.07) is 8.74. The fourth-order valence-electron chi connectivity index (χ4n) is 2.14. The van der Waals surface area contributed by atoms with Crippen LogP contribution in [0.4, 0.5) is 0 Å². The van der Waals surface area contributed by atoms with Crippen LogP contribution in [0.5, 0.6) is 0 Å². The average molecular weight is 286 g/mol. The first-order valence-corrected chi connectivity index (χ1v) is 6.73. The summed E-state index contributed by atoms with van der Waals surface area (Å²) >= 11 is 0. The maximum absolute atomic E-state index is 12.3. The lowest BCUT2D eigenvalue weighted by Crippen LogP contribution is -2.49. The van der Waals surface area contributed by atoms with Gasteiger partial charge in [-0.15, -0.1) is 0 Å². The minimum absolute atomic E-state index is 0.164. The Hall–Kier alpha value is -2.09.